The maximum Gasteiger partial charge on any atom is 0.297 e. The van der Waals surface area contributed by atoms with Crippen LogP contribution in [-0.4, -0.2) is 50.3 Å². The van der Waals surface area contributed by atoms with Gasteiger partial charge in [0.05, 0.1) is 29.7 Å². The van der Waals surface area contributed by atoms with Gasteiger partial charge in [-0.25, -0.2) is 18.7 Å². The van der Waals surface area contributed by atoms with Crippen LogP contribution in [0.15, 0.2) is 46.9 Å². The molecule has 0 unspecified atom stereocenters. The van der Waals surface area contributed by atoms with Crippen molar-refractivity contribution in [1.29, 1.82) is 0 Å². The van der Waals surface area contributed by atoms with E-state index < -0.39 is 18.3 Å². The fraction of sp³-hybridized carbons (Fsp3) is 0.261. The number of para-hydroxylation sites is 2. The van der Waals surface area contributed by atoms with Crippen LogP contribution in [0.3, 0.4) is 0 Å². The molecule has 0 spiro atoms. The second kappa shape index (κ2) is 8.07. The van der Waals surface area contributed by atoms with Crippen molar-refractivity contribution in [2.45, 2.75) is 25.0 Å². The molecule has 5 aromatic rings. The zero-order chi connectivity index (χ0) is 23.4. The van der Waals surface area contributed by atoms with E-state index in [2.05, 4.69) is 19.9 Å². The first-order valence-electron chi connectivity index (χ1n) is 10.7. The van der Waals surface area contributed by atoms with E-state index in [0.717, 1.165) is 5.52 Å². The van der Waals surface area contributed by atoms with E-state index >= 15 is 0 Å². The highest BCUT2D eigenvalue weighted by Crippen LogP contribution is 2.37. The van der Waals surface area contributed by atoms with Crippen LogP contribution in [0, 0.1) is 0 Å². The molecule has 2 N–H and O–H groups in total. The minimum atomic E-state index is -2.86. The lowest BCUT2D eigenvalue weighted by atomic mass is 10.2. The molecule has 1 aliphatic rings. The van der Waals surface area contributed by atoms with E-state index in [9.17, 15) is 13.9 Å². The number of benzene rings is 2. The summed E-state index contributed by atoms with van der Waals surface area (Å²) in [4.78, 5) is 17.4. The van der Waals surface area contributed by atoms with Gasteiger partial charge in [-0.15, -0.1) is 0 Å². The Bertz CT molecular complexity index is 1520. The Morgan fingerprint density at radius 3 is 2.79 bits per heavy atom. The Balaban J connectivity index is 1.38. The van der Waals surface area contributed by atoms with E-state index in [1.807, 2.05) is 6.07 Å². The summed E-state index contributed by atoms with van der Waals surface area (Å²) in [7, 11) is 0. The van der Waals surface area contributed by atoms with Crippen molar-refractivity contribution < 1.29 is 23.0 Å². The lowest BCUT2D eigenvalue weighted by molar-refractivity contribution is 0.141. The van der Waals surface area contributed by atoms with Gasteiger partial charge in [0.1, 0.15) is 22.7 Å². The number of aliphatic hydroxyl groups excluding tert-OH is 1. The molecule has 0 aliphatic carbocycles. The fourth-order valence-corrected chi connectivity index (χ4v) is 4.68. The fourth-order valence-electron chi connectivity index (χ4n) is 4.47. The molecular weight excluding hydrogens is 468 g/mol. The molecule has 34 heavy (non-hydrogen) atoms. The summed E-state index contributed by atoms with van der Waals surface area (Å²) < 4.78 is 39.4. The highest BCUT2D eigenvalue weighted by atomic mass is 35.5. The Kier molecular flexibility index (Phi) is 5.00. The molecule has 11 heteroatoms. The number of aromatic amines is 1. The van der Waals surface area contributed by atoms with Crippen LogP contribution in [0.25, 0.3) is 33.1 Å². The van der Waals surface area contributed by atoms with Crippen LogP contribution in [0.5, 0.6) is 6.01 Å². The van der Waals surface area contributed by atoms with Crippen LogP contribution >= 0.6 is 11.6 Å². The average Bonchev–Trinajstić information content (AvgIpc) is 3.53. The summed E-state index contributed by atoms with van der Waals surface area (Å²) in [6.07, 6.45) is -2.82. The first-order valence-corrected chi connectivity index (χ1v) is 11.1. The van der Waals surface area contributed by atoms with Crippen LogP contribution in [0.4, 0.5) is 14.6 Å². The van der Waals surface area contributed by atoms with Crippen LogP contribution < -0.4 is 9.64 Å². The lowest BCUT2D eigenvalue weighted by Gasteiger charge is -2.23. The number of aromatic nitrogens is 4. The molecule has 0 bridgehead atoms. The maximum absolute atomic E-state index is 13.7. The van der Waals surface area contributed by atoms with Crippen LogP contribution in [-0.2, 0) is 0 Å². The molecule has 0 amide bonds. The van der Waals surface area contributed by atoms with Crippen molar-refractivity contribution in [2.75, 3.05) is 18.1 Å². The summed E-state index contributed by atoms with van der Waals surface area (Å²) in [5.41, 5.74) is 2.45. The number of nitrogens with zero attached hydrogens (tertiary/aromatic N) is 4. The SMILES string of the molecule is OC[C@@H]1C[C@H](Oc2nc3c(Cl)cccc3[nH]2)CN1c1nc(C(F)F)nc2c1oc1ccccc12. The quantitative estimate of drug-likeness (QED) is 0.366. The summed E-state index contributed by atoms with van der Waals surface area (Å²) in [5, 5.41) is 11.2. The summed E-state index contributed by atoms with van der Waals surface area (Å²) >= 11 is 6.20. The second-order valence-corrected chi connectivity index (χ2v) is 8.53. The topological polar surface area (TPSA) is 100 Å². The molecule has 1 aliphatic heterocycles. The van der Waals surface area contributed by atoms with Gasteiger partial charge in [0.15, 0.2) is 17.2 Å². The molecule has 2 atom stereocenters. The van der Waals surface area contributed by atoms with Crippen molar-refractivity contribution in [3.05, 3.63) is 53.3 Å². The molecule has 3 aromatic heterocycles. The first kappa shape index (κ1) is 21.1. The summed E-state index contributed by atoms with van der Waals surface area (Å²) in [5.74, 6) is -0.392. The van der Waals surface area contributed by atoms with Gasteiger partial charge >= 0.3 is 0 Å². The van der Waals surface area contributed by atoms with Crippen molar-refractivity contribution in [1.82, 2.24) is 19.9 Å². The lowest BCUT2D eigenvalue weighted by Crippen LogP contribution is -2.33. The highest BCUT2D eigenvalue weighted by Gasteiger charge is 2.37. The van der Waals surface area contributed by atoms with Gasteiger partial charge in [0, 0.05) is 11.8 Å². The number of imidazole rings is 1. The average molecular weight is 486 g/mol. The van der Waals surface area contributed by atoms with Crippen molar-refractivity contribution in [2.24, 2.45) is 0 Å². The number of nitrogens with one attached hydrogen (secondary N) is 1. The number of ether oxygens (including phenoxy) is 1. The number of furan rings is 1. The van der Waals surface area contributed by atoms with E-state index in [-0.39, 0.29) is 31.1 Å². The highest BCUT2D eigenvalue weighted by molar-refractivity contribution is 6.34. The zero-order valence-corrected chi connectivity index (χ0v) is 18.3. The van der Waals surface area contributed by atoms with Crippen molar-refractivity contribution >= 4 is 50.5 Å². The van der Waals surface area contributed by atoms with Gasteiger partial charge in [-0.1, -0.05) is 29.8 Å². The Labute approximate surface area is 196 Å². The smallest absolute Gasteiger partial charge is 0.297 e. The van der Waals surface area contributed by atoms with Gasteiger partial charge in [-0.05, 0) is 24.3 Å². The summed E-state index contributed by atoms with van der Waals surface area (Å²) in [6, 6.07) is 12.3. The standard InChI is InChI=1S/C23H18ClF2N5O3/c24-14-5-3-6-15-18(14)29-23(27-15)33-12-8-11(10-32)31(9-12)22-19-17(28-21(30-22)20(25)26)13-4-1-2-7-16(13)34-19/h1-7,11-12,20,32H,8-10H2,(H,27,29)/t11-,12-/m0/s1. The minimum absolute atomic E-state index is 0.203. The van der Waals surface area contributed by atoms with Gasteiger partial charge in [-0.2, -0.15) is 4.98 Å². The van der Waals surface area contributed by atoms with E-state index in [0.29, 0.717) is 39.0 Å². The number of halogens is 3. The van der Waals surface area contributed by atoms with Gasteiger partial charge in [-0.3, -0.25) is 0 Å². The number of hydrogen-bond donors (Lipinski definition) is 2. The molecule has 2 aromatic carbocycles. The number of anilines is 1. The molecular formula is C23H18ClF2N5O3. The second-order valence-electron chi connectivity index (χ2n) is 8.12. The maximum atomic E-state index is 13.7. The van der Waals surface area contributed by atoms with E-state index in [1.54, 1.807) is 41.3 Å². The first-order chi connectivity index (χ1) is 16.5. The molecule has 174 valence electrons. The summed E-state index contributed by atoms with van der Waals surface area (Å²) in [6.45, 7) is 0.0589. The number of rotatable bonds is 5. The van der Waals surface area contributed by atoms with Gasteiger partial charge in [0.25, 0.3) is 12.4 Å². The number of fused-ring (bicyclic) bond motifs is 4. The Morgan fingerprint density at radius 1 is 1.15 bits per heavy atom. The van der Waals surface area contributed by atoms with Crippen LogP contribution in [0.2, 0.25) is 5.02 Å². The monoisotopic (exact) mass is 485 g/mol. The number of alkyl halides is 2. The molecule has 4 heterocycles. The predicted molar refractivity (Wildman–Crippen MR) is 123 cm³/mol. The van der Waals surface area contributed by atoms with Crippen LogP contribution in [0.1, 0.15) is 18.7 Å². The van der Waals surface area contributed by atoms with Gasteiger partial charge in [0.2, 0.25) is 0 Å². The Hall–Kier alpha value is -3.50. The van der Waals surface area contributed by atoms with E-state index in [4.69, 9.17) is 20.8 Å². The Morgan fingerprint density at radius 2 is 2.00 bits per heavy atom. The molecule has 6 rings (SSSR count). The van der Waals surface area contributed by atoms with Crippen molar-refractivity contribution in [3.8, 4) is 6.01 Å². The van der Waals surface area contributed by atoms with E-state index in [1.165, 1.54) is 0 Å². The normalized spacial score (nSPS) is 18.7. The third kappa shape index (κ3) is 3.41. The molecule has 0 saturated carbocycles. The minimum Gasteiger partial charge on any atom is -0.460 e. The third-order valence-electron chi connectivity index (χ3n) is 5.99. The number of aliphatic hydroxyl groups is 1. The molecule has 1 fully saturated rings. The zero-order valence-electron chi connectivity index (χ0n) is 17.6. The number of hydrogen-bond acceptors (Lipinski definition) is 7. The van der Waals surface area contributed by atoms with Gasteiger partial charge < -0.3 is 24.1 Å². The van der Waals surface area contributed by atoms with Crippen molar-refractivity contribution in [3.63, 3.8) is 0 Å². The predicted octanol–water partition coefficient (Wildman–Crippen LogP) is 4.86. The molecule has 8 nitrogen and oxygen atoms in total. The number of H-pyrrole nitrogens is 1. The molecule has 0 radical (unpaired) electrons. The largest absolute Gasteiger partial charge is 0.460 e. The molecule has 1 saturated heterocycles. The third-order valence-corrected chi connectivity index (χ3v) is 6.30.